The van der Waals surface area contributed by atoms with E-state index in [2.05, 4.69) is 5.32 Å². The molecule has 0 spiro atoms. The van der Waals surface area contributed by atoms with E-state index in [9.17, 15) is 4.79 Å². The lowest BCUT2D eigenvalue weighted by Gasteiger charge is -2.21. The first kappa shape index (κ1) is 12.9. The smallest absolute Gasteiger partial charge is 0.224 e. The Balaban J connectivity index is 1.82. The van der Waals surface area contributed by atoms with Crippen LogP contribution < -0.4 is 10.1 Å². The molecule has 1 amide bonds. The van der Waals surface area contributed by atoms with Gasteiger partial charge in [-0.15, -0.1) is 0 Å². The number of methoxy groups -OCH3 is 1. The van der Waals surface area contributed by atoms with E-state index in [1.165, 1.54) is 0 Å². The monoisotopic (exact) mass is 249 g/mol. The largest absolute Gasteiger partial charge is 0.497 e. The molecule has 0 atom stereocenters. The van der Waals surface area contributed by atoms with Crippen molar-refractivity contribution in [2.45, 2.75) is 19.3 Å². The maximum Gasteiger partial charge on any atom is 0.224 e. The summed E-state index contributed by atoms with van der Waals surface area (Å²) in [6.07, 6.45) is 2.54. The second kappa shape index (κ2) is 6.40. The Morgan fingerprint density at radius 2 is 2.00 bits per heavy atom. The number of hydrogen-bond donors (Lipinski definition) is 1. The number of anilines is 1. The Morgan fingerprint density at radius 1 is 1.33 bits per heavy atom. The number of amides is 1. The standard InChI is InChI=1S/C14H19NO3/c1-17-13-4-2-12(3-5-13)15-14(16)10-11-6-8-18-9-7-11/h2-5,11H,6-10H2,1H3,(H,15,16). The first-order valence-corrected chi connectivity index (χ1v) is 6.29. The van der Waals surface area contributed by atoms with Crippen molar-refractivity contribution in [3.8, 4) is 5.75 Å². The first-order valence-electron chi connectivity index (χ1n) is 6.29. The second-order valence-electron chi connectivity index (χ2n) is 4.54. The van der Waals surface area contributed by atoms with E-state index in [-0.39, 0.29) is 5.91 Å². The fourth-order valence-electron chi connectivity index (χ4n) is 2.10. The van der Waals surface area contributed by atoms with E-state index in [1.54, 1.807) is 7.11 Å². The normalized spacial score (nSPS) is 16.3. The van der Waals surface area contributed by atoms with Gasteiger partial charge in [-0.2, -0.15) is 0 Å². The van der Waals surface area contributed by atoms with Crippen LogP contribution in [0.3, 0.4) is 0 Å². The minimum atomic E-state index is 0.0760. The van der Waals surface area contributed by atoms with Crippen LogP contribution >= 0.6 is 0 Å². The Hall–Kier alpha value is -1.55. The number of nitrogens with one attached hydrogen (secondary N) is 1. The Morgan fingerprint density at radius 3 is 2.61 bits per heavy atom. The van der Waals surface area contributed by atoms with Crippen LogP contribution in [0.4, 0.5) is 5.69 Å². The zero-order valence-corrected chi connectivity index (χ0v) is 10.6. The molecule has 1 aromatic rings. The third-order valence-electron chi connectivity index (χ3n) is 3.19. The summed E-state index contributed by atoms with van der Waals surface area (Å²) in [6, 6.07) is 7.37. The molecule has 1 fully saturated rings. The summed E-state index contributed by atoms with van der Waals surface area (Å²) in [5.74, 6) is 1.32. The van der Waals surface area contributed by atoms with Crippen LogP contribution in [-0.2, 0) is 9.53 Å². The van der Waals surface area contributed by atoms with E-state index in [0.29, 0.717) is 12.3 Å². The third kappa shape index (κ3) is 3.74. The molecule has 2 rings (SSSR count). The molecule has 1 aliphatic heterocycles. The number of rotatable bonds is 4. The zero-order valence-electron chi connectivity index (χ0n) is 10.6. The van der Waals surface area contributed by atoms with Crippen molar-refractivity contribution in [1.29, 1.82) is 0 Å². The summed E-state index contributed by atoms with van der Waals surface area (Å²) in [6.45, 7) is 1.56. The van der Waals surface area contributed by atoms with E-state index in [0.717, 1.165) is 37.5 Å². The molecule has 0 bridgehead atoms. The van der Waals surface area contributed by atoms with Crippen molar-refractivity contribution in [2.24, 2.45) is 5.92 Å². The van der Waals surface area contributed by atoms with E-state index < -0.39 is 0 Å². The van der Waals surface area contributed by atoms with Gasteiger partial charge < -0.3 is 14.8 Å². The van der Waals surface area contributed by atoms with Gasteiger partial charge in [0.15, 0.2) is 0 Å². The molecule has 1 saturated heterocycles. The molecular formula is C14H19NO3. The highest BCUT2D eigenvalue weighted by Gasteiger charge is 2.17. The molecular weight excluding hydrogens is 230 g/mol. The highest BCUT2D eigenvalue weighted by Crippen LogP contribution is 2.20. The third-order valence-corrected chi connectivity index (χ3v) is 3.19. The molecule has 98 valence electrons. The predicted octanol–water partition coefficient (Wildman–Crippen LogP) is 2.45. The topological polar surface area (TPSA) is 47.6 Å². The lowest BCUT2D eigenvalue weighted by Crippen LogP contribution is -2.22. The molecule has 1 heterocycles. The molecule has 1 aliphatic rings. The molecule has 0 unspecified atom stereocenters. The fourth-order valence-corrected chi connectivity index (χ4v) is 2.10. The lowest BCUT2D eigenvalue weighted by molar-refractivity contribution is -0.117. The minimum Gasteiger partial charge on any atom is -0.497 e. The Kier molecular flexibility index (Phi) is 4.59. The van der Waals surface area contributed by atoms with Crippen LogP contribution in [0.2, 0.25) is 0 Å². The van der Waals surface area contributed by atoms with Crippen LogP contribution in [0.5, 0.6) is 5.75 Å². The van der Waals surface area contributed by atoms with E-state index in [1.807, 2.05) is 24.3 Å². The van der Waals surface area contributed by atoms with Gasteiger partial charge in [0.25, 0.3) is 0 Å². The van der Waals surface area contributed by atoms with Gasteiger partial charge >= 0.3 is 0 Å². The Labute approximate surface area is 107 Å². The quantitative estimate of drug-likeness (QED) is 0.891. The number of hydrogen-bond acceptors (Lipinski definition) is 3. The number of benzene rings is 1. The van der Waals surface area contributed by atoms with Crippen LogP contribution in [0.25, 0.3) is 0 Å². The summed E-state index contributed by atoms with van der Waals surface area (Å²) in [5, 5.41) is 2.91. The van der Waals surface area contributed by atoms with Crippen LogP contribution in [0.15, 0.2) is 24.3 Å². The van der Waals surface area contributed by atoms with E-state index in [4.69, 9.17) is 9.47 Å². The average Bonchev–Trinajstić information content (AvgIpc) is 2.40. The van der Waals surface area contributed by atoms with Gasteiger partial charge in [-0.25, -0.2) is 0 Å². The molecule has 4 nitrogen and oxygen atoms in total. The van der Waals surface area contributed by atoms with Crippen LogP contribution in [0.1, 0.15) is 19.3 Å². The molecule has 0 saturated carbocycles. The SMILES string of the molecule is COc1ccc(NC(=O)CC2CCOCC2)cc1. The van der Waals surface area contributed by atoms with Crippen molar-refractivity contribution in [2.75, 3.05) is 25.6 Å². The molecule has 1 N–H and O–H groups in total. The zero-order chi connectivity index (χ0) is 12.8. The van der Waals surface area contributed by atoms with Crippen molar-refractivity contribution in [3.05, 3.63) is 24.3 Å². The second-order valence-corrected chi connectivity index (χ2v) is 4.54. The lowest BCUT2D eigenvalue weighted by atomic mass is 9.96. The number of ether oxygens (including phenoxy) is 2. The molecule has 1 aromatic carbocycles. The highest BCUT2D eigenvalue weighted by atomic mass is 16.5. The van der Waals surface area contributed by atoms with Crippen molar-refractivity contribution in [3.63, 3.8) is 0 Å². The summed E-state index contributed by atoms with van der Waals surface area (Å²) < 4.78 is 10.3. The van der Waals surface area contributed by atoms with Gasteiger partial charge in [-0.1, -0.05) is 0 Å². The van der Waals surface area contributed by atoms with Crippen molar-refractivity contribution >= 4 is 11.6 Å². The molecule has 18 heavy (non-hydrogen) atoms. The predicted molar refractivity (Wildman–Crippen MR) is 69.8 cm³/mol. The van der Waals surface area contributed by atoms with E-state index >= 15 is 0 Å². The molecule has 4 heteroatoms. The van der Waals surface area contributed by atoms with Crippen LogP contribution in [-0.4, -0.2) is 26.2 Å². The summed E-state index contributed by atoms with van der Waals surface area (Å²) >= 11 is 0. The maximum absolute atomic E-state index is 11.9. The highest BCUT2D eigenvalue weighted by molar-refractivity contribution is 5.90. The van der Waals surface area contributed by atoms with Crippen molar-refractivity contribution in [1.82, 2.24) is 0 Å². The fraction of sp³-hybridized carbons (Fsp3) is 0.500. The summed E-state index contributed by atoms with van der Waals surface area (Å²) in [5.41, 5.74) is 0.813. The molecule has 0 aromatic heterocycles. The maximum atomic E-state index is 11.9. The van der Waals surface area contributed by atoms with Gasteiger partial charge in [0.2, 0.25) is 5.91 Å². The summed E-state index contributed by atoms with van der Waals surface area (Å²) in [4.78, 5) is 11.9. The summed E-state index contributed by atoms with van der Waals surface area (Å²) in [7, 11) is 1.62. The Bertz CT molecular complexity index is 383. The average molecular weight is 249 g/mol. The van der Waals surface area contributed by atoms with Gasteiger partial charge in [-0.05, 0) is 43.0 Å². The number of carbonyl (C=O) groups excluding carboxylic acids is 1. The number of carbonyl (C=O) groups is 1. The van der Waals surface area contributed by atoms with Crippen LogP contribution in [0, 0.1) is 5.92 Å². The van der Waals surface area contributed by atoms with Gasteiger partial charge in [-0.3, -0.25) is 4.79 Å². The van der Waals surface area contributed by atoms with Gasteiger partial charge in [0.1, 0.15) is 5.75 Å². The molecule has 0 aliphatic carbocycles. The minimum absolute atomic E-state index is 0.0760. The van der Waals surface area contributed by atoms with Crippen molar-refractivity contribution < 1.29 is 14.3 Å². The van der Waals surface area contributed by atoms with Gasteiger partial charge in [0, 0.05) is 25.3 Å². The molecule has 0 radical (unpaired) electrons. The van der Waals surface area contributed by atoms with Gasteiger partial charge in [0.05, 0.1) is 7.11 Å². The first-order chi connectivity index (χ1) is 8.78.